The summed E-state index contributed by atoms with van der Waals surface area (Å²) in [4.78, 5) is 22.0. The van der Waals surface area contributed by atoms with Crippen molar-refractivity contribution < 1.29 is 14.5 Å². The summed E-state index contributed by atoms with van der Waals surface area (Å²) in [5.41, 5.74) is -0.0477. The van der Waals surface area contributed by atoms with Gasteiger partial charge in [-0.25, -0.2) is 0 Å². The third-order valence-electron chi connectivity index (χ3n) is 2.92. The van der Waals surface area contributed by atoms with Gasteiger partial charge >= 0.3 is 5.69 Å². The summed E-state index contributed by atoms with van der Waals surface area (Å²) in [6, 6.07) is 6.28. The number of aromatic nitrogens is 2. The maximum absolute atomic E-state index is 11.6. The molecule has 0 aliphatic carbocycles. The van der Waals surface area contributed by atoms with Gasteiger partial charge in [-0.1, -0.05) is 53.9 Å². The molecule has 0 radical (unpaired) electrons. The van der Waals surface area contributed by atoms with Crippen molar-refractivity contribution >= 4 is 46.5 Å². The Morgan fingerprint density at radius 2 is 2.04 bits per heavy atom. The predicted molar refractivity (Wildman–Crippen MR) is 103 cm³/mol. The first-order valence-corrected chi connectivity index (χ1v) is 10.6. The summed E-state index contributed by atoms with van der Waals surface area (Å²) < 4.78 is 6.99. The average molecular weight is 415 g/mol. The number of benzene rings is 1. The van der Waals surface area contributed by atoms with Gasteiger partial charge in [-0.05, 0) is 12.5 Å². The van der Waals surface area contributed by atoms with E-state index in [1.165, 1.54) is 40.9 Å². The highest BCUT2D eigenvalue weighted by Crippen LogP contribution is 2.29. The maximum atomic E-state index is 11.6. The molecular formula is C15H18N4O4S3. The smallest absolute Gasteiger partial charge is 0.310 e. The number of rotatable bonds is 11. The van der Waals surface area contributed by atoms with Crippen LogP contribution in [0.2, 0.25) is 0 Å². The van der Waals surface area contributed by atoms with Crippen LogP contribution in [0.5, 0.6) is 5.75 Å². The zero-order chi connectivity index (χ0) is 18.8. The largest absolute Gasteiger partial charge is 0.486 e. The van der Waals surface area contributed by atoms with Crippen LogP contribution in [0.1, 0.15) is 13.3 Å². The molecule has 8 nitrogen and oxygen atoms in total. The van der Waals surface area contributed by atoms with Gasteiger partial charge in [-0.15, -0.1) is 10.2 Å². The molecule has 1 aromatic heterocycles. The van der Waals surface area contributed by atoms with Gasteiger partial charge in [-0.3, -0.25) is 14.9 Å². The van der Waals surface area contributed by atoms with Gasteiger partial charge in [0.1, 0.15) is 0 Å². The Kier molecular flexibility index (Phi) is 8.65. The zero-order valence-electron chi connectivity index (χ0n) is 14.0. The number of carbonyl (C=O) groups is 1. The van der Waals surface area contributed by atoms with Crippen molar-refractivity contribution in [3.05, 3.63) is 34.4 Å². The number of nitrogens with one attached hydrogen (secondary N) is 1. The minimum absolute atomic E-state index is 0.0147. The van der Waals surface area contributed by atoms with E-state index in [-0.39, 0.29) is 17.3 Å². The Labute approximate surface area is 163 Å². The topological polar surface area (TPSA) is 107 Å². The fourth-order valence-corrected chi connectivity index (χ4v) is 4.50. The van der Waals surface area contributed by atoms with Crippen LogP contribution in [-0.4, -0.2) is 45.7 Å². The van der Waals surface area contributed by atoms with Crippen molar-refractivity contribution in [1.29, 1.82) is 0 Å². The van der Waals surface area contributed by atoms with E-state index in [0.29, 0.717) is 24.7 Å². The SMILES string of the molecule is CCCNC(=O)CSc1nnc(SCCOc2ccccc2[N+](=O)[O-])s1. The molecule has 1 aromatic carbocycles. The lowest BCUT2D eigenvalue weighted by atomic mass is 10.3. The Bertz CT molecular complexity index is 741. The zero-order valence-corrected chi connectivity index (χ0v) is 16.5. The van der Waals surface area contributed by atoms with E-state index >= 15 is 0 Å². The number of hydrogen-bond acceptors (Lipinski definition) is 9. The molecule has 0 aliphatic rings. The van der Waals surface area contributed by atoms with E-state index in [2.05, 4.69) is 15.5 Å². The van der Waals surface area contributed by atoms with Gasteiger partial charge in [0.2, 0.25) is 5.91 Å². The number of para-hydroxylation sites is 2. The van der Waals surface area contributed by atoms with Crippen LogP contribution in [0.4, 0.5) is 5.69 Å². The lowest BCUT2D eigenvalue weighted by Gasteiger charge is -2.05. The Morgan fingerprint density at radius 3 is 2.77 bits per heavy atom. The molecule has 0 fully saturated rings. The minimum atomic E-state index is -0.465. The first kappa shape index (κ1) is 20.5. The Morgan fingerprint density at radius 1 is 1.31 bits per heavy atom. The van der Waals surface area contributed by atoms with Gasteiger partial charge in [0.05, 0.1) is 17.3 Å². The van der Waals surface area contributed by atoms with Gasteiger partial charge < -0.3 is 10.1 Å². The summed E-state index contributed by atoms with van der Waals surface area (Å²) >= 11 is 4.23. The molecule has 0 aliphatic heterocycles. The van der Waals surface area contributed by atoms with Crippen molar-refractivity contribution in [3.8, 4) is 5.75 Å². The van der Waals surface area contributed by atoms with Crippen molar-refractivity contribution in [2.24, 2.45) is 0 Å². The molecule has 0 bridgehead atoms. The molecule has 1 amide bonds. The van der Waals surface area contributed by atoms with Crippen LogP contribution in [0.15, 0.2) is 32.9 Å². The molecule has 1 N–H and O–H groups in total. The first-order valence-electron chi connectivity index (χ1n) is 7.82. The van der Waals surface area contributed by atoms with Crippen molar-refractivity contribution in [1.82, 2.24) is 15.5 Å². The highest BCUT2D eigenvalue weighted by Gasteiger charge is 2.13. The van der Waals surface area contributed by atoms with E-state index in [0.717, 1.165) is 15.1 Å². The van der Waals surface area contributed by atoms with E-state index in [9.17, 15) is 14.9 Å². The second-order valence-corrected chi connectivity index (χ2v) is 8.44. The fraction of sp³-hybridized carbons (Fsp3) is 0.400. The van der Waals surface area contributed by atoms with Crippen LogP contribution >= 0.6 is 34.9 Å². The number of nitrogens with zero attached hydrogens (tertiary/aromatic N) is 3. The minimum Gasteiger partial charge on any atom is -0.486 e. The van der Waals surface area contributed by atoms with E-state index in [1.54, 1.807) is 18.2 Å². The molecule has 0 saturated heterocycles. The van der Waals surface area contributed by atoms with Gasteiger partial charge in [0, 0.05) is 18.4 Å². The third-order valence-corrected chi connectivity index (χ3v) is 6.07. The molecule has 140 valence electrons. The van der Waals surface area contributed by atoms with E-state index < -0.39 is 4.92 Å². The summed E-state index contributed by atoms with van der Waals surface area (Å²) in [6.07, 6.45) is 0.907. The fourth-order valence-electron chi connectivity index (χ4n) is 1.77. The number of carbonyl (C=O) groups excluding carboxylic acids is 1. The quantitative estimate of drug-likeness (QED) is 0.258. The second kappa shape index (κ2) is 11.0. The number of hydrogen-bond donors (Lipinski definition) is 1. The molecular weight excluding hydrogens is 396 g/mol. The van der Waals surface area contributed by atoms with Crippen LogP contribution in [0.25, 0.3) is 0 Å². The highest BCUT2D eigenvalue weighted by atomic mass is 32.2. The molecule has 0 unspecified atom stereocenters. The van der Waals surface area contributed by atoms with E-state index in [4.69, 9.17) is 4.74 Å². The average Bonchev–Trinajstić information content (AvgIpc) is 3.10. The first-order chi connectivity index (χ1) is 12.6. The van der Waals surface area contributed by atoms with Gasteiger partial charge in [0.15, 0.2) is 14.4 Å². The number of amides is 1. The Balaban J connectivity index is 1.72. The number of ether oxygens (including phenoxy) is 1. The van der Waals surface area contributed by atoms with Gasteiger partial charge in [0.25, 0.3) is 0 Å². The Hall–Kier alpha value is -1.85. The van der Waals surface area contributed by atoms with Crippen LogP contribution in [0.3, 0.4) is 0 Å². The molecule has 26 heavy (non-hydrogen) atoms. The molecule has 1 heterocycles. The molecule has 2 rings (SSSR count). The highest BCUT2D eigenvalue weighted by molar-refractivity contribution is 8.03. The molecule has 0 saturated carbocycles. The number of nitro benzene ring substituents is 1. The third kappa shape index (κ3) is 6.81. The molecule has 2 aromatic rings. The molecule has 11 heteroatoms. The predicted octanol–water partition coefficient (Wildman–Crippen LogP) is 3.24. The van der Waals surface area contributed by atoms with Crippen molar-refractivity contribution in [2.75, 3.05) is 24.7 Å². The van der Waals surface area contributed by atoms with Gasteiger partial charge in [-0.2, -0.15) is 0 Å². The standard InChI is InChI=1S/C15H18N4O4S3/c1-2-7-16-13(20)10-25-15-18-17-14(26-15)24-9-8-23-12-6-4-3-5-11(12)19(21)22/h3-6H,2,7-10H2,1H3,(H,16,20). The lowest BCUT2D eigenvalue weighted by molar-refractivity contribution is -0.385. The summed E-state index contributed by atoms with van der Waals surface area (Å²) in [6.45, 7) is 2.99. The summed E-state index contributed by atoms with van der Waals surface area (Å²) in [7, 11) is 0. The van der Waals surface area contributed by atoms with E-state index in [1.807, 2.05) is 6.92 Å². The maximum Gasteiger partial charge on any atom is 0.310 e. The van der Waals surface area contributed by atoms with Crippen molar-refractivity contribution in [3.63, 3.8) is 0 Å². The molecule has 0 spiro atoms. The molecule has 0 atom stereocenters. The van der Waals surface area contributed by atoms with Crippen LogP contribution in [0, 0.1) is 10.1 Å². The summed E-state index contributed by atoms with van der Waals surface area (Å²) in [5, 5.41) is 21.8. The number of nitro groups is 1. The van der Waals surface area contributed by atoms with Crippen molar-refractivity contribution in [2.45, 2.75) is 22.0 Å². The number of thioether (sulfide) groups is 2. The summed E-state index contributed by atoms with van der Waals surface area (Å²) in [5.74, 6) is 1.14. The van der Waals surface area contributed by atoms with Crippen LogP contribution in [-0.2, 0) is 4.79 Å². The lowest BCUT2D eigenvalue weighted by Crippen LogP contribution is -2.25. The normalized spacial score (nSPS) is 10.5. The second-order valence-electron chi connectivity index (χ2n) is 4.89. The van der Waals surface area contributed by atoms with Crippen LogP contribution < -0.4 is 10.1 Å². The monoisotopic (exact) mass is 414 g/mol.